The number of rotatable bonds is 9. The van der Waals surface area contributed by atoms with Crippen molar-refractivity contribution in [1.29, 1.82) is 0 Å². The lowest BCUT2D eigenvalue weighted by Gasteiger charge is -2.20. The molecule has 2 rings (SSSR count). The van der Waals surface area contributed by atoms with Gasteiger partial charge in [-0.25, -0.2) is 0 Å². The summed E-state index contributed by atoms with van der Waals surface area (Å²) < 4.78 is 5.11. The lowest BCUT2D eigenvalue weighted by atomic mass is 10.1. The van der Waals surface area contributed by atoms with E-state index in [1.165, 1.54) is 5.56 Å². The van der Waals surface area contributed by atoms with Crippen LogP contribution < -0.4 is 5.32 Å². The van der Waals surface area contributed by atoms with E-state index in [-0.39, 0.29) is 17.1 Å². The molecule has 0 radical (unpaired) electrons. The molecule has 134 valence electrons. The molecule has 0 spiro atoms. The van der Waals surface area contributed by atoms with Gasteiger partial charge in [-0.15, -0.1) is 11.8 Å². The Kier molecular flexibility index (Phi) is 8.02. The molecule has 0 bridgehead atoms. The molecule has 1 amide bonds. The van der Waals surface area contributed by atoms with Gasteiger partial charge in [-0.2, -0.15) is 0 Å². The van der Waals surface area contributed by atoms with Crippen molar-refractivity contribution in [2.24, 2.45) is 5.92 Å². The predicted octanol–water partition coefficient (Wildman–Crippen LogP) is 4.41. The van der Waals surface area contributed by atoms with Crippen LogP contribution in [-0.4, -0.2) is 18.3 Å². The van der Waals surface area contributed by atoms with Gasteiger partial charge in [0.2, 0.25) is 5.91 Å². The van der Waals surface area contributed by atoms with E-state index in [0.717, 1.165) is 16.9 Å². The van der Waals surface area contributed by atoms with Crippen LogP contribution in [0.2, 0.25) is 0 Å². The Bertz CT molecular complexity index is 641. The number of thioether (sulfide) groups is 1. The van der Waals surface area contributed by atoms with Crippen LogP contribution in [0.25, 0.3) is 0 Å². The van der Waals surface area contributed by atoms with E-state index in [4.69, 9.17) is 4.74 Å². The quantitative estimate of drug-likeness (QED) is 0.722. The second-order valence-corrected chi connectivity index (χ2v) is 7.56. The van der Waals surface area contributed by atoms with Crippen LogP contribution in [0.15, 0.2) is 54.6 Å². The Morgan fingerprint density at radius 2 is 1.64 bits per heavy atom. The van der Waals surface area contributed by atoms with Gasteiger partial charge < -0.3 is 10.1 Å². The minimum atomic E-state index is -0.0482. The molecule has 25 heavy (non-hydrogen) atoms. The van der Waals surface area contributed by atoms with Crippen molar-refractivity contribution in [2.45, 2.75) is 38.0 Å². The number of amides is 1. The first-order valence-corrected chi connectivity index (χ1v) is 9.65. The number of carbonyl (C=O) groups is 1. The second kappa shape index (κ2) is 10.3. The first-order valence-electron chi connectivity index (χ1n) is 8.60. The molecule has 0 aliphatic carbocycles. The van der Waals surface area contributed by atoms with Crippen molar-refractivity contribution in [2.75, 3.05) is 7.11 Å². The average Bonchev–Trinajstić information content (AvgIpc) is 2.62. The molecule has 0 aliphatic heterocycles. The molecule has 1 N–H and O–H groups in total. The van der Waals surface area contributed by atoms with Crippen LogP contribution in [0.1, 0.15) is 30.5 Å². The zero-order valence-electron chi connectivity index (χ0n) is 15.2. The van der Waals surface area contributed by atoms with Gasteiger partial charge in [0.25, 0.3) is 0 Å². The molecule has 2 aromatic carbocycles. The highest BCUT2D eigenvalue weighted by atomic mass is 32.2. The fourth-order valence-electron chi connectivity index (χ4n) is 2.54. The largest absolute Gasteiger partial charge is 0.380 e. The van der Waals surface area contributed by atoms with Gasteiger partial charge >= 0.3 is 0 Å². The van der Waals surface area contributed by atoms with Gasteiger partial charge in [0.1, 0.15) is 0 Å². The second-order valence-electron chi connectivity index (χ2n) is 6.43. The Labute approximate surface area is 155 Å². The lowest BCUT2D eigenvalue weighted by molar-refractivity contribution is -0.121. The smallest absolute Gasteiger partial charge is 0.233 e. The van der Waals surface area contributed by atoms with E-state index in [2.05, 4.69) is 31.3 Å². The highest BCUT2D eigenvalue weighted by molar-refractivity contribution is 7.99. The summed E-state index contributed by atoms with van der Waals surface area (Å²) in [6.45, 7) is 5.36. The number of benzene rings is 2. The number of methoxy groups -OCH3 is 1. The molecule has 0 heterocycles. The zero-order chi connectivity index (χ0) is 18.1. The molecule has 4 heteroatoms. The SMILES string of the molecule is COCc1ccc(CNC(=O)C(SCc2ccccc2)C(C)C)cc1. The van der Waals surface area contributed by atoms with Crippen LogP contribution >= 0.6 is 11.8 Å². The molecule has 3 nitrogen and oxygen atoms in total. The number of ether oxygens (including phenoxy) is 1. The topological polar surface area (TPSA) is 38.3 Å². The highest BCUT2D eigenvalue weighted by Crippen LogP contribution is 2.24. The number of carbonyl (C=O) groups excluding carboxylic acids is 1. The van der Waals surface area contributed by atoms with Crippen LogP contribution in [-0.2, 0) is 28.4 Å². The Hall–Kier alpha value is -1.78. The summed E-state index contributed by atoms with van der Waals surface area (Å²) in [4.78, 5) is 12.6. The van der Waals surface area contributed by atoms with E-state index >= 15 is 0 Å². The Balaban J connectivity index is 1.87. The van der Waals surface area contributed by atoms with Crippen molar-refractivity contribution in [3.05, 3.63) is 71.3 Å². The zero-order valence-corrected chi connectivity index (χ0v) is 16.0. The molecule has 0 fully saturated rings. The monoisotopic (exact) mass is 357 g/mol. The van der Waals surface area contributed by atoms with E-state index in [9.17, 15) is 4.79 Å². The summed E-state index contributed by atoms with van der Waals surface area (Å²) in [5.41, 5.74) is 3.49. The number of nitrogens with one attached hydrogen (secondary N) is 1. The van der Waals surface area contributed by atoms with Crippen molar-refractivity contribution >= 4 is 17.7 Å². The third-order valence-electron chi connectivity index (χ3n) is 3.94. The van der Waals surface area contributed by atoms with Crippen molar-refractivity contribution in [1.82, 2.24) is 5.32 Å². The molecule has 2 aromatic rings. The van der Waals surface area contributed by atoms with Gasteiger partial charge in [-0.1, -0.05) is 68.4 Å². The minimum Gasteiger partial charge on any atom is -0.380 e. The Morgan fingerprint density at radius 1 is 1.00 bits per heavy atom. The maximum Gasteiger partial charge on any atom is 0.233 e. The van der Waals surface area contributed by atoms with Gasteiger partial charge in [0.05, 0.1) is 11.9 Å². The van der Waals surface area contributed by atoms with Crippen molar-refractivity contribution < 1.29 is 9.53 Å². The summed E-state index contributed by atoms with van der Waals surface area (Å²) >= 11 is 1.71. The third kappa shape index (κ3) is 6.56. The molecule has 0 aromatic heterocycles. The molecule has 1 unspecified atom stereocenters. The van der Waals surface area contributed by atoms with Crippen molar-refractivity contribution in [3.8, 4) is 0 Å². The van der Waals surface area contributed by atoms with Crippen LogP contribution in [0.4, 0.5) is 0 Å². The molecular weight excluding hydrogens is 330 g/mol. The summed E-state index contributed by atoms with van der Waals surface area (Å²) in [7, 11) is 1.69. The molecule has 0 aliphatic rings. The normalized spacial score (nSPS) is 12.2. The fourth-order valence-corrected chi connectivity index (χ4v) is 3.72. The fraction of sp³-hybridized carbons (Fsp3) is 0.381. The van der Waals surface area contributed by atoms with Gasteiger partial charge in [-0.05, 0) is 22.6 Å². The maximum absolute atomic E-state index is 12.6. The van der Waals surface area contributed by atoms with Crippen LogP contribution in [0.3, 0.4) is 0 Å². The summed E-state index contributed by atoms with van der Waals surface area (Å²) in [6, 6.07) is 18.4. The van der Waals surface area contributed by atoms with Gasteiger partial charge in [-0.3, -0.25) is 4.79 Å². The first-order chi connectivity index (χ1) is 12.1. The maximum atomic E-state index is 12.6. The van der Waals surface area contributed by atoms with E-state index < -0.39 is 0 Å². The third-order valence-corrected chi connectivity index (χ3v) is 5.55. The standard InChI is InChI=1S/C21H27NO2S/c1-16(2)20(25-15-19-7-5-4-6-8-19)21(23)22-13-17-9-11-18(12-10-17)14-24-3/h4-12,16,20H,13-15H2,1-3H3,(H,22,23). The molecular formula is C21H27NO2S. The highest BCUT2D eigenvalue weighted by Gasteiger charge is 2.22. The van der Waals surface area contributed by atoms with Gasteiger partial charge in [0, 0.05) is 19.4 Å². The lowest BCUT2D eigenvalue weighted by Crippen LogP contribution is -2.35. The summed E-state index contributed by atoms with van der Waals surface area (Å²) in [5.74, 6) is 1.25. The number of hydrogen-bond donors (Lipinski definition) is 1. The van der Waals surface area contributed by atoms with E-state index in [1.54, 1.807) is 18.9 Å². The first kappa shape index (κ1) is 19.5. The minimum absolute atomic E-state index is 0.0482. The molecule has 0 saturated carbocycles. The van der Waals surface area contributed by atoms with Gasteiger partial charge in [0.15, 0.2) is 0 Å². The number of hydrogen-bond acceptors (Lipinski definition) is 3. The summed E-state index contributed by atoms with van der Waals surface area (Å²) in [6.07, 6.45) is 0. The predicted molar refractivity (Wildman–Crippen MR) is 105 cm³/mol. The van der Waals surface area contributed by atoms with Crippen molar-refractivity contribution in [3.63, 3.8) is 0 Å². The van der Waals surface area contributed by atoms with E-state index in [0.29, 0.717) is 13.2 Å². The average molecular weight is 358 g/mol. The molecule has 0 saturated heterocycles. The Morgan fingerprint density at radius 3 is 2.24 bits per heavy atom. The summed E-state index contributed by atoms with van der Waals surface area (Å²) in [5, 5.41) is 3.03. The molecule has 1 atom stereocenters. The van der Waals surface area contributed by atoms with E-state index in [1.807, 2.05) is 42.5 Å². The van der Waals surface area contributed by atoms with Crippen LogP contribution in [0, 0.1) is 5.92 Å². The van der Waals surface area contributed by atoms with Crippen LogP contribution in [0.5, 0.6) is 0 Å².